The van der Waals surface area contributed by atoms with E-state index in [1.54, 1.807) is 6.07 Å². The molecule has 7 heteroatoms. The fraction of sp³-hybridized carbons (Fsp3) is 0.571. The van der Waals surface area contributed by atoms with E-state index in [0.717, 1.165) is 29.8 Å². The van der Waals surface area contributed by atoms with E-state index in [1.807, 2.05) is 18.2 Å². The van der Waals surface area contributed by atoms with Crippen LogP contribution in [0.3, 0.4) is 0 Å². The maximum atomic E-state index is 11.6. The second-order valence-corrected chi connectivity index (χ2v) is 11.0. The van der Waals surface area contributed by atoms with Gasteiger partial charge in [0.05, 0.1) is 22.4 Å². The summed E-state index contributed by atoms with van der Waals surface area (Å²) in [6.45, 7) is 2.94. The van der Waals surface area contributed by atoms with Gasteiger partial charge in [-0.15, -0.1) is 0 Å². The first kappa shape index (κ1) is 30.8. The summed E-state index contributed by atoms with van der Waals surface area (Å²) in [7, 11) is -4.48. The fourth-order valence-corrected chi connectivity index (χ4v) is 5.32. The Bertz CT molecular complexity index is 969. The minimum atomic E-state index is -4.48. The summed E-state index contributed by atoms with van der Waals surface area (Å²) >= 11 is 0. The second-order valence-electron chi connectivity index (χ2n) is 9.58. The van der Waals surface area contributed by atoms with Crippen LogP contribution in [0.5, 0.6) is 0 Å². The molecule has 2 aromatic carbocycles. The molecule has 1 aliphatic heterocycles. The van der Waals surface area contributed by atoms with Crippen LogP contribution in [0.15, 0.2) is 53.4 Å². The Kier molecular flexibility index (Phi) is 14.5. The van der Waals surface area contributed by atoms with Crippen molar-refractivity contribution in [3.8, 4) is 0 Å². The third-order valence-corrected chi connectivity index (χ3v) is 7.62. The molecular formula is C28H41KN2O3S. The van der Waals surface area contributed by atoms with Crippen molar-refractivity contribution < 1.29 is 64.4 Å². The molecule has 2 aromatic rings. The molecule has 0 aliphatic carbocycles. The molecule has 1 unspecified atom stereocenters. The normalized spacial score (nSPS) is 14.9. The van der Waals surface area contributed by atoms with Gasteiger partial charge in [-0.05, 0) is 36.6 Å². The molecule has 1 aliphatic rings. The third-order valence-electron chi connectivity index (χ3n) is 6.79. The summed E-state index contributed by atoms with van der Waals surface area (Å²) in [6, 6.07) is 14.8. The van der Waals surface area contributed by atoms with Gasteiger partial charge in [0.2, 0.25) is 0 Å². The van der Waals surface area contributed by atoms with Crippen molar-refractivity contribution in [2.24, 2.45) is 0 Å². The molecule has 188 valence electrons. The van der Waals surface area contributed by atoms with Crippen molar-refractivity contribution in [3.05, 3.63) is 54.1 Å². The molecular weight excluding hydrogens is 483 g/mol. The molecule has 0 aromatic heterocycles. The van der Waals surface area contributed by atoms with Crippen LogP contribution in [-0.4, -0.2) is 19.1 Å². The Morgan fingerprint density at radius 3 is 1.97 bits per heavy atom. The van der Waals surface area contributed by atoms with Gasteiger partial charge in [0, 0.05) is 6.54 Å². The maximum Gasteiger partial charge on any atom is 1.00 e. The largest absolute Gasteiger partial charge is 1.00 e. The van der Waals surface area contributed by atoms with Gasteiger partial charge in [-0.3, -0.25) is 0 Å². The van der Waals surface area contributed by atoms with Crippen LogP contribution in [0.25, 0.3) is 0 Å². The molecule has 0 radical (unpaired) electrons. The molecule has 3 rings (SSSR count). The minimum Gasteiger partial charge on any atom is -0.744 e. The zero-order valence-corrected chi connectivity index (χ0v) is 25.6. The zero-order valence-electron chi connectivity index (χ0n) is 21.7. The van der Waals surface area contributed by atoms with Crippen LogP contribution in [-0.2, 0) is 16.7 Å². The van der Waals surface area contributed by atoms with Gasteiger partial charge in [0.15, 0.2) is 0 Å². The summed E-state index contributed by atoms with van der Waals surface area (Å²) < 4.78 is 34.7. The summed E-state index contributed by atoms with van der Waals surface area (Å²) in [6.07, 6.45) is 17.0. The van der Waals surface area contributed by atoms with E-state index in [9.17, 15) is 13.0 Å². The minimum absolute atomic E-state index is 0. The first-order chi connectivity index (χ1) is 16.5. The van der Waals surface area contributed by atoms with Gasteiger partial charge < -0.3 is 14.8 Å². The summed E-state index contributed by atoms with van der Waals surface area (Å²) in [4.78, 5) is 2.04. The quantitative estimate of drug-likeness (QED) is 0.200. The van der Waals surface area contributed by atoms with Crippen molar-refractivity contribution in [1.29, 1.82) is 0 Å². The van der Waals surface area contributed by atoms with Crippen LogP contribution in [0.1, 0.15) is 96.0 Å². The Labute approximate surface area is 255 Å². The van der Waals surface area contributed by atoms with Crippen LogP contribution in [0.2, 0.25) is 0 Å². The van der Waals surface area contributed by atoms with Crippen LogP contribution >= 0.6 is 0 Å². The van der Waals surface area contributed by atoms with Crippen molar-refractivity contribution in [3.63, 3.8) is 0 Å². The Morgan fingerprint density at radius 2 is 1.40 bits per heavy atom. The van der Waals surface area contributed by atoms with Crippen molar-refractivity contribution in [2.75, 3.05) is 10.2 Å². The SMILES string of the molecule is CCCCCCCCCCCCCCC1Nc2ccc(S(=O)(=O)[O-])cc2N1Cc1ccccc1.[K+]. The smallest absolute Gasteiger partial charge is 0.744 e. The molecule has 1 N–H and O–H groups in total. The molecule has 0 bridgehead atoms. The summed E-state index contributed by atoms with van der Waals surface area (Å²) in [5.74, 6) is 0. The zero-order chi connectivity index (χ0) is 24.2. The molecule has 0 amide bonds. The van der Waals surface area contributed by atoms with E-state index in [2.05, 4.69) is 29.3 Å². The van der Waals surface area contributed by atoms with Crippen LogP contribution in [0.4, 0.5) is 11.4 Å². The van der Waals surface area contributed by atoms with Gasteiger partial charge in [-0.1, -0.05) is 108 Å². The number of nitrogens with zero attached hydrogens (tertiary/aromatic N) is 1. The van der Waals surface area contributed by atoms with E-state index in [0.29, 0.717) is 6.54 Å². The average molecular weight is 525 g/mol. The van der Waals surface area contributed by atoms with Gasteiger partial charge >= 0.3 is 51.4 Å². The average Bonchev–Trinajstić information content (AvgIpc) is 3.16. The predicted octanol–water partition coefficient (Wildman–Crippen LogP) is 4.44. The number of rotatable bonds is 16. The molecule has 0 saturated carbocycles. The fourth-order valence-electron chi connectivity index (χ4n) is 4.83. The van der Waals surface area contributed by atoms with Crippen molar-refractivity contribution in [1.82, 2.24) is 0 Å². The number of fused-ring (bicyclic) bond motifs is 1. The first-order valence-corrected chi connectivity index (χ1v) is 14.6. The van der Waals surface area contributed by atoms with Crippen molar-refractivity contribution >= 4 is 21.5 Å². The molecule has 5 nitrogen and oxygen atoms in total. The summed E-state index contributed by atoms with van der Waals surface area (Å²) in [5, 5.41) is 3.55. The Hall–Kier alpha value is -0.414. The Morgan fingerprint density at radius 1 is 0.829 bits per heavy atom. The molecule has 1 atom stereocenters. The molecule has 0 spiro atoms. The van der Waals surface area contributed by atoms with E-state index in [1.165, 1.54) is 82.8 Å². The standard InChI is InChI=1S/C28H42N2O3S.K/c1-2-3-4-5-6-7-8-9-10-11-12-16-19-28-29-26-21-20-25(34(31,32)33)22-27(26)30(28)23-24-17-14-13-15-18-24;/h13-15,17-18,20-22,28-29H,2-12,16,19,23H2,1H3,(H,31,32,33);/q;+1/p-1. The summed E-state index contributed by atoms with van der Waals surface area (Å²) in [5.41, 5.74) is 2.85. The van der Waals surface area contributed by atoms with E-state index in [-0.39, 0.29) is 62.4 Å². The number of anilines is 2. The maximum absolute atomic E-state index is 11.6. The van der Waals surface area contributed by atoms with Crippen molar-refractivity contribution in [2.45, 2.75) is 108 Å². The number of benzene rings is 2. The number of hydrogen-bond donors (Lipinski definition) is 1. The predicted molar refractivity (Wildman–Crippen MR) is 140 cm³/mol. The number of nitrogens with one attached hydrogen (secondary N) is 1. The Balaban J connectivity index is 0.00000432. The van der Waals surface area contributed by atoms with Gasteiger partial charge in [-0.25, -0.2) is 8.42 Å². The van der Waals surface area contributed by atoms with E-state index >= 15 is 0 Å². The number of hydrogen-bond acceptors (Lipinski definition) is 5. The van der Waals surface area contributed by atoms with E-state index in [4.69, 9.17) is 0 Å². The molecule has 1 heterocycles. The van der Waals surface area contributed by atoms with Gasteiger partial charge in [-0.2, -0.15) is 0 Å². The van der Waals surface area contributed by atoms with E-state index < -0.39 is 10.1 Å². The van der Waals surface area contributed by atoms with Crippen LogP contribution < -0.4 is 61.6 Å². The first-order valence-electron chi connectivity index (χ1n) is 13.2. The van der Waals surface area contributed by atoms with Gasteiger partial charge in [0.25, 0.3) is 0 Å². The molecule has 35 heavy (non-hydrogen) atoms. The molecule has 0 fully saturated rings. The second kappa shape index (κ2) is 16.4. The number of unbranched alkanes of at least 4 members (excludes halogenated alkanes) is 11. The molecule has 0 saturated heterocycles. The monoisotopic (exact) mass is 524 g/mol. The topological polar surface area (TPSA) is 72.5 Å². The van der Waals surface area contributed by atoms with Gasteiger partial charge in [0.1, 0.15) is 10.1 Å². The third kappa shape index (κ3) is 10.5. The van der Waals surface area contributed by atoms with Crippen LogP contribution in [0, 0.1) is 0 Å².